The molecule has 0 aliphatic carbocycles. The van der Waals surface area contributed by atoms with Crippen molar-refractivity contribution < 1.29 is 5.11 Å². The fourth-order valence-electron chi connectivity index (χ4n) is 2.09. The van der Waals surface area contributed by atoms with E-state index in [9.17, 15) is 0 Å². The molecule has 2 heterocycles. The number of hydrogen-bond donors (Lipinski definition) is 2. The number of fused-ring (bicyclic) bond motifs is 1. The Morgan fingerprint density at radius 1 is 1.56 bits per heavy atom. The second-order valence-corrected chi connectivity index (χ2v) is 5.38. The minimum Gasteiger partial charge on any atom is -0.396 e. The molecule has 2 rings (SSSR count). The molecular formula is C12H20N4OS. The van der Waals surface area contributed by atoms with Crippen molar-refractivity contribution in [2.45, 2.75) is 32.9 Å². The summed E-state index contributed by atoms with van der Waals surface area (Å²) in [5.74, 6) is 0.952. The Kier molecular flexibility index (Phi) is 4.21. The van der Waals surface area contributed by atoms with Crippen molar-refractivity contribution in [1.82, 2.24) is 9.38 Å². The van der Waals surface area contributed by atoms with Gasteiger partial charge in [0, 0.05) is 37.3 Å². The molecule has 0 unspecified atom stereocenters. The summed E-state index contributed by atoms with van der Waals surface area (Å²) in [4.78, 5) is 7.84. The van der Waals surface area contributed by atoms with Crippen molar-refractivity contribution in [3.8, 4) is 0 Å². The summed E-state index contributed by atoms with van der Waals surface area (Å²) in [7, 11) is 0. The summed E-state index contributed by atoms with van der Waals surface area (Å²) < 4.78 is 2.05. The predicted molar refractivity (Wildman–Crippen MR) is 75.1 cm³/mol. The molecule has 0 amide bonds. The van der Waals surface area contributed by atoms with E-state index in [1.165, 1.54) is 0 Å². The van der Waals surface area contributed by atoms with Crippen molar-refractivity contribution >= 4 is 22.1 Å². The van der Waals surface area contributed by atoms with Crippen LogP contribution in [0.1, 0.15) is 26.0 Å². The average Bonchev–Trinajstić information content (AvgIpc) is 2.89. The molecule has 0 fully saturated rings. The molecule has 6 heteroatoms. The zero-order valence-corrected chi connectivity index (χ0v) is 11.7. The van der Waals surface area contributed by atoms with Crippen LogP contribution in [-0.2, 0) is 6.54 Å². The fourth-order valence-corrected chi connectivity index (χ4v) is 2.82. The minimum absolute atomic E-state index is 0.198. The Balaban J connectivity index is 2.39. The van der Waals surface area contributed by atoms with Crippen LogP contribution in [0.3, 0.4) is 0 Å². The molecule has 0 saturated carbocycles. The zero-order chi connectivity index (χ0) is 13.1. The second-order valence-electron chi connectivity index (χ2n) is 4.51. The van der Waals surface area contributed by atoms with Crippen LogP contribution in [0, 0.1) is 0 Å². The van der Waals surface area contributed by atoms with Crippen LogP contribution in [0.4, 0.5) is 5.82 Å². The van der Waals surface area contributed by atoms with Gasteiger partial charge in [0.25, 0.3) is 0 Å². The van der Waals surface area contributed by atoms with Gasteiger partial charge in [-0.2, -0.15) is 0 Å². The van der Waals surface area contributed by atoms with E-state index in [-0.39, 0.29) is 6.61 Å². The molecule has 0 atom stereocenters. The van der Waals surface area contributed by atoms with Gasteiger partial charge in [0.2, 0.25) is 0 Å². The Bertz CT molecular complexity index is 505. The van der Waals surface area contributed by atoms with Gasteiger partial charge in [-0.05, 0) is 20.3 Å². The number of anilines is 1. The number of aromatic nitrogens is 2. The summed E-state index contributed by atoms with van der Waals surface area (Å²) in [6, 6.07) is 0.339. The van der Waals surface area contributed by atoms with Gasteiger partial charge in [-0.1, -0.05) is 0 Å². The molecule has 0 aliphatic heterocycles. The average molecular weight is 268 g/mol. The van der Waals surface area contributed by atoms with Crippen LogP contribution in [0.25, 0.3) is 4.96 Å². The number of aliphatic hydroxyl groups excluding tert-OH is 1. The third-order valence-electron chi connectivity index (χ3n) is 2.99. The fraction of sp³-hybridized carbons (Fsp3) is 0.583. The first-order valence-electron chi connectivity index (χ1n) is 6.21. The monoisotopic (exact) mass is 268 g/mol. The van der Waals surface area contributed by atoms with Crippen molar-refractivity contribution in [3.63, 3.8) is 0 Å². The van der Waals surface area contributed by atoms with Crippen LogP contribution in [-0.4, -0.2) is 33.7 Å². The van der Waals surface area contributed by atoms with Crippen LogP contribution in [0.15, 0.2) is 11.6 Å². The molecule has 18 heavy (non-hydrogen) atoms. The molecule has 3 N–H and O–H groups in total. The number of imidazole rings is 1. The maximum absolute atomic E-state index is 9.00. The van der Waals surface area contributed by atoms with Crippen molar-refractivity contribution in [2.75, 3.05) is 18.1 Å². The first-order valence-corrected chi connectivity index (χ1v) is 7.09. The van der Waals surface area contributed by atoms with E-state index >= 15 is 0 Å². The highest BCUT2D eigenvalue weighted by Crippen LogP contribution is 2.25. The topological polar surface area (TPSA) is 66.8 Å². The molecule has 0 radical (unpaired) electrons. The molecule has 100 valence electrons. The summed E-state index contributed by atoms with van der Waals surface area (Å²) >= 11 is 1.61. The van der Waals surface area contributed by atoms with Crippen molar-refractivity contribution in [2.24, 2.45) is 5.73 Å². The van der Waals surface area contributed by atoms with Crippen LogP contribution >= 0.6 is 11.3 Å². The first kappa shape index (κ1) is 13.3. The molecular weight excluding hydrogens is 248 g/mol. The van der Waals surface area contributed by atoms with Gasteiger partial charge in [0.1, 0.15) is 0 Å². The van der Waals surface area contributed by atoms with Crippen molar-refractivity contribution in [1.29, 1.82) is 0 Å². The van der Waals surface area contributed by atoms with Gasteiger partial charge in [-0.3, -0.25) is 4.40 Å². The molecule has 0 saturated heterocycles. The molecule has 5 nitrogen and oxygen atoms in total. The quantitative estimate of drug-likeness (QED) is 0.832. The number of nitrogens with zero attached hydrogens (tertiary/aromatic N) is 3. The van der Waals surface area contributed by atoms with E-state index in [0.717, 1.165) is 29.4 Å². The maximum atomic E-state index is 9.00. The first-order chi connectivity index (χ1) is 8.69. The molecule has 2 aromatic heterocycles. The highest BCUT2D eigenvalue weighted by atomic mass is 32.1. The van der Waals surface area contributed by atoms with Gasteiger partial charge in [0.15, 0.2) is 10.8 Å². The molecule has 0 aliphatic rings. The lowest BCUT2D eigenvalue weighted by Gasteiger charge is -2.27. The van der Waals surface area contributed by atoms with E-state index < -0.39 is 0 Å². The molecule has 0 bridgehead atoms. The summed E-state index contributed by atoms with van der Waals surface area (Å²) in [6.45, 7) is 5.72. The Morgan fingerprint density at radius 3 is 2.94 bits per heavy atom. The highest BCUT2D eigenvalue weighted by molar-refractivity contribution is 7.15. The highest BCUT2D eigenvalue weighted by Gasteiger charge is 2.19. The predicted octanol–water partition coefficient (Wildman–Crippen LogP) is 1.45. The molecule has 0 spiro atoms. The zero-order valence-electron chi connectivity index (χ0n) is 10.8. The third-order valence-corrected chi connectivity index (χ3v) is 3.74. The maximum Gasteiger partial charge on any atom is 0.195 e. The van der Waals surface area contributed by atoms with E-state index in [1.807, 2.05) is 16.0 Å². The van der Waals surface area contributed by atoms with E-state index in [1.54, 1.807) is 11.3 Å². The normalized spacial score (nSPS) is 11.6. The van der Waals surface area contributed by atoms with Gasteiger partial charge < -0.3 is 15.7 Å². The smallest absolute Gasteiger partial charge is 0.195 e. The SMILES string of the molecule is CC(C)N(CCCO)c1nc2sccn2c1CN. The van der Waals surface area contributed by atoms with Gasteiger partial charge in [-0.15, -0.1) is 11.3 Å². The number of aliphatic hydroxyl groups is 1. The number of hydrogen-bond acceptors (Lipinski definition) is 5. The van der Waals surface area contributed by atoms with E-state index in [2.05, 4.69) is 23.7 Å². The minimum atomic E-state index is 0.198. The summed E-state index contributed by atoms with van der Waals surface area (Å²) in [6.07, 6.45) is 2.75. The summed E-state index contributed by atoms with van der Waals surface area (Å²) in [5.41, 5.74) is 6.89. The third kappa shape index (κ3) is 2.36. The van der Waals surface area contributed by atoms with E-state index in [4.69, 9.17) is 10.8 Å². The summed E-state index contributed by atoms with van der Waals surface area (Å²) in [5, 5.41) is 11.0. The van der Waals surface area contributed by atoms with Crippen LogP contribution in [0.5, 0.6) is 0 Å². The lowest BCUT2D eigenvalue weighted by atomic mass is 10.2. The standard InChI is InChI=1S/C12H20N4OS/c1-9(2)15(4-3-6-17)11-10(8-13)16-5-7-18-12(16)14-11/h5,7,9,17H,3-4,6,8,13H2,1-2H3. The van der Waals surface area contributed by atoms with Crippen molar-refractivity contribution in [3.05, 3.63) is 17.3 Å². The molecule has 0 aromatic carbocycles. The second kappa shape index (κ2) is 5.69. The van der Waals surface area contributed by atoms with Gasteiger partial charge in [-0.25, -0.2) is 4.98 Å². The van der Waals surface area contributed by atoms with Gasteiger partial charge in [0.05, 0.1) is 5.69 Å². The lowest BCUT2D eigenvalue weighted by molar-refractivity contribution is 0.288. The van der Waals surface area contributed by atoms with Crippen LogP contribution < -0.4 is 10.6 Å². The number of rotatable bonds is 6. The van der Waals surface area contributed by atoms with E-state index in [0.29, 0.717) is 12.6 Å². The Labute approximate surface area is 111 Å². The lowest BCUT2D eigenvalue weighted by Crippen LogP contribution is -2.33. The number of thiazole rings is 1. The Hall–Kier alpha value is -1.11. The Morgan fingerprint density at radius 2 is 2.33 bits per heavy atom. The largest absolute Gasteiger partial charge is 0.396 e. The van der Waals surface area contributed by atoms with Gasteiger partial charge >= 0.3 is 0 Å². The molecule has 2 aromatic rings. The number of nitrogens with two attached hydrogens (primary N) is 1. The van der Waals surface area contributed by atoms with Crippen LogP contribution in [0.2, 0.25) is 0 Å².